The molecule has 0 radical (unpaired) electrons. The van der Waals surface area contributed by atoms with E-state index in [1.807, 2.05) is 60.7 Å². The van der Waals surface area contributed by atoms with Crippen molar-refractivity contribution in [3.8, 4) is 22.8 Å². The normalized spacial score (nSPS) is 23.2. The van der Waals surface area contributed by atoms with Crippen LogP contribution in [-0.4, -0.2) is 122 Å². The number of piperidine rings is 2. The van der Waals surface area contributed by atoms with Gasteiger partial charge in [0.2, 0.25) is 11.8 Å². The number of nitrogens with two attached hydrogens (primary N) is 1. The second kappa shape index (κ2) is 14.3. The van der Waals surface area contributed by atoms with Gasteiger partial charge in [-0.25, -0.2) is 19.0 Å². The van der Waals surface area contributed by atoms with Gasteiger partial charge in [-0.2, -0.15) is 5.10 Å². The van der Waals surface area contributed by atoms with Gasteiger partial charge in [-0.15, -0.1) is 0 Å². The number of nitrogens with zero attached hydrogens (tertiary/aromatic N) is 8. The molecule has 4 fully saturated rings. The summed E-state index contributed by atoms with van der Waals surface area (Å²) in [5.74, 6) is 0.125. The lowest BCUT2D eigenvalue weighted by molar-refractivity contribution is -0.136. The standard InChI is InChI=1S/C42H41FN10O5/c43-32-22-50(15-14-33(32)53-39-36(38(44)45-23-46-39)37(48-53)25-6-9-29(10-7-25)58-28-4-2-1-3-5-28)27-20-49(21-27)17-24-18-51(19-24)26-8-11-30-31(16-26)42(57)52(41(30)56)34-12-13-35(54)47-40(34)55/h1-11,16,23-24,27,32-34H,12-15,17-22H2,(H2,44,45,46)(H,47,54,55)/t32-,33-,34?/m1/s1. The molecule has 0 spiro atoms. The molecular weight excluding hydrogens is 744 g/mol. The number of benzene rings is 3. The number of carbonyl (C=O) groups is 4. The van der Waals surface area contributed by atoms with Gasteiger partial charge in [0.15, 0.2) is 5.65 Å². The minimum absolute atomic E-state index is 0.0813. The van der Waals surface area contributed by atoms with E-state index in [4.69, 9.17) is 15.6 Å². The zero-order valence-corrected chi connectivity index (χ0v) is 31.5. The average Bonchev–Trinajstić information content (AvgIpc) is 3.69. The first kappa shape index (κ1) is 36.1. The number of rotatable bonds is 9. The van der Waals surface area contributed by atoms with Crippen LogP contribution in [0.25, 0.3) is 22.3 Å². The van der Waals surface area contributed by atoms with Crippen molar-refractivity contribution in [1.82, 2.24) is 39.8 Å². The van der Waals surface area contributed by atoms with Gasteiger partial charge in [0.1, 0.15) is 41.6 Å². The average molecular weight is 785 g/mol. The number of likely N-dealkylation sites (tertiary alicyclic amines) is 2. The fourth-order valence-electron chi connectivity index (χ4n) is 9.10. The number of ether oxygens (including phenoxy) is 1. The topological polar surface area (TPSA) is 172 Å². The van der Waals surface area contributed by atoms with Gasteiger partial charge in [-0.1, -0.05) is 18.2 Å². The third-order valence-corrected chi connectivity index (χ3v) is 12.2. The molecule has 10 rings (SSSR count). The van der Waals surface area contributed by atoms with Gasteiger partial charge >= 0.3 is 0 Å². The van der Waals surface area contributed by atoms with Crippen molar-refractivity contribution >= 4 is 46.2 Å². The molecule has 4 amide bonds. The number of hydrogen-bond donors (Lipinski definition) is 2. The Morgan fingerprint density at radius 1 is 0.845 bits per heavy atom. The van der Waals surface area contributed by atoms with Crippen LogP contribution in [0.3, 0.4) is 0 Å². The van der Waals surface area contributed by atoms with E-state index in [0.29, 0.717) is 47.2 Å². The first-order valence-electron chi connectivity index (χ1n) is 19.7. The van der Waals surface area contributed by atoms with Crippen LogP contribution in [0.1, 0.15) is 46.0 Å². The van der Waals surface area contributed by atoms with Crippen molar-refractivity contribution in [1.29, 1.82) is 0 Å². The number of fused-ring (bicyclic) bond motifs is 2. The fourth-order valence-corrected chi connectivity index (χ4v) is 9.10. The van der Waals surface area contributed by atoms with Gasteiger partial charge in [-0.05, 0) is 67.4 Å². The molecule has 2 aromatic heterocycles. The van der Waals surface area contributed by atoms with Crippen molar-refractivity contribution in [3.05, 3.63) is 90.3 Å². The SMILES string of the molecule is Nc1ncnc2c1c(-c1ccc(Oc3ccccc3)cc1)nn2[C@@H]1CCN(C2CN(CC3CN(c4ccc5c(c4)C(=O)N(C4CCC(=O)NC4=O)C5=O)C3)C2)C[C@H]1F. The molecule has 4 saturated heterocycles. The lowest BCUT2D eigenvalue weighted by atomic mass is 9.94. The molecule has 3 N–H and O–H groups in total. The Hall–Kier alpha value is -6.26. The van der Waals surface area contributed by atoms with Gasteiger partial charge in [0.05, 0.1) is 22.6 Å². The maximum Gasteiger partial charge on any atom is 0.262 e. The van der Waals surface area contributed by atoms with E-state index in [2.05, 4.69) is 30.0 Å². The highest BCUT2D eigenvalue weighted by Gasteiger charge is 2.46. The predicted molar refractivity (Wildman–Crippen MR) is 211 cm³/mol. The molecule has 0 bridgehead atoms. The summed E-state index contributed by atoms with van der Waals surface area (Å²) in [5, 5.41) is 7.75. The van der Waals surface area contributed by atoms with Crippen LogP contribution in [-0.2, 0) is 9.59 Å². The first-order valence-corrected chi connectivity index (χ1v) is 19.7. The summed E-state index contributed by atoms with van der Waals surface area (Å²) in [6.45, 7) is 5.36. The molecule has 3 aromatic carbocycles. The summed E-state index contributed by atoms with van der Waals surface area (Å²) in [7, 11) is 0. The number of amides is 4. The summed E-state index contributed by atoms with van der Waals surface area (Å²) in [5.41, 5.74) is 9.73. The summed E-state index contributed by atoms with van der Waals surface area (Å²) < 4.78 is 23.8. The molecule has 5 aromatic rings. The lowest BCUT2D eigenvalue weighted by Gasteiger charge is -2.51. The number of hydrogen-bond acceptors (Lipinski definition) is 12. The minimum atomic E-state index is -1.15. The number of carbonyl (C=O) groups excluding carboxylic acids is 4. The number of halogens is 1. The number of imide groups is 2. The molecule has 16 heteroatoms. The van der Waals surface area contributed by atoms with E-state index < -0.39 is 41.9 Å². The van der Waals surface area contributed by atoms with Crippen LogP contribution in [0.2, 0.25) is 0 Å². The molecule has 58 heavy (non-hydrogen) atoms. The Balaban J connectivity index is 0.730. The largest absolute Gasteiger partial charge is 0.457 e. The fraction of sp³-hybridized carbons (Fsp3) is 0.357. The Labute approximate surface area is 332 Å². The third-order valence-electron chi connectivity index (χ3n) is 12.2. The smallest absolute Gasteiger partial charge is 0.262 e. The van der Waals surface area contributed by atoms with Gasteiger partial charge in [-0.3, -0.25) is 39.2 Å². The summed E-state index contributed by atoms with van der Waals surface area (Å²) in [6.07, 6.45) is 1.04. The zero-order chi connectivity index (χ0) is 39.7. The Morgan fingerprint density at radius 3 is 2.36 bits per heavy atom. The van der Waals surface area contributed by atoms with Crippen molar-refractivity contribution < 1.29 is 28.3 Å². The van der Waals surface area contributed by atoms with E-state index >= 15 is 4.39 Å². The molecule has 15 nitrogen and oxygen atoms in total. The van der Waals surface area contributed by atoms with Crippen LogP contribution >= 0.6 is 0 Å². The van der Waals surface area contributed by atoms with E-state index in [0.717, 1.165) is 61.2 Å². The van der Waals surface area contributed by atoms with Gasteiger partial charge < -0.3 is 15.4 Å². The zero-order valence-electron chi connectivity index (χ0n) is 31.5. The van der Waals surface area contributed by atoms with Crippen LogP contribution in [0.15, 0.2) is 79.1 Å². The third kappa shape index (κ3) is 6.32. The highest BCUT2D eigenvalue weighted by molar-refractivity contribution is 6.23. The predicted octanol–water partition coefficient (Wildman–Crippen LogP) is 3.67. The van der Waals surface area contributed by atoms with E-state index in [1.165, 1.54) is 6.33 Å². The number of aromatic nitrogens is 4. The quantitative estimate of drug-likeness (QED) is 0.208. The summed E-state index contributed by atoms with van der Waals surface area (Å²) in [6, 6.07) is 21.2. The van der Waals surface area contributed by atoms with E-state index in [1.54, 1.807) is 16.8 Å². The first-order chi connectivity index (χ1) is 28.2. The second-order valence-electron chi connectivity index (χ2n) is 15.9. The molecule has 5 aliphatic rings. The van der Waals surface area contributed by atoms with Crippen LogP contribution in [0, 0.1) is 5.92 Å². The number of anilines is 2. The molecular formula is C42H41FN10O5. The van der Waals surface area contributed by atoms with Gasteiger partial charge in [0, 0.05) is 75.4 Å². The molecule has 3 atom stereocenters. The number of para-hydroxylation sites is 1. The van der Waals surface area contributed by atoms with E-state index in [-0.39, 0.29) is 30.0 Å². The van der Waals surface area contributed by atoms with Crippen LogP contribution < -0.4 is 20.7 Å². The molecule has 0 aliphatic carbocycles. The highest BCUT2D eigenvalue weighted by atomic mass is 19.1. The van der Waals surface area contributed by atoms with Crippen LogP contribution in [0.5, 0.6) is 11.5 Å². The number of nitrogens with one attached hydrogen (secondary N) is 1. The number of alkyl halides is 1. The van der Waals surface area contributed by atoms with Crippen molar-refractivity contribution in [3.63, 3.8) is 0 Å². The maximum absolute atomic E-state index is 16.2. The Morgan fingerprint density at radius 2 is 1.60 bits per heavy atom. The summed E-state index contributed by atoms with van der Waals surface area (Å²) in [4.78, 5) is 67.0. The molecule has 0 saturated carbocycles. The highest BCUT2D eigenvalue weighted by Crippen LogP contribution is 2.38. The maximum atomic E-state index is 16.2. The second-order valence-corrected chi connectivity index (χ2v) is 15.9. The molecule has 5 aliphatic heterocycles. The summed E-state index contributed by atoms with van der Waals surface area (Å²) >= 11 is 0. The Bertz CT molecular complexity index is 2450. The number of nitrogen functional groups attached to an aromatic ring is 1. The lowest BCUT2D eigenvalue weighted by Crippen LogP contribution is -2.64. The molecule has 1 unspecified atom stereocenters. The monoisotopic (exact) mass is 784 g/mol. The van der Waals surface area contributed by atoms with Crippen molar-refractivity contribution in [2.75, 3.05) is 56.4 Å². The Kier molecular flexibility index (Phi) is 8.89. The van der Waals surface area contributed by atoms with Crippen molar-refractivity contribution in [2.45, 2.75) is 43.6 Å². The van der Waals surface area contributed by atoms with Crippen LogP contribution in [0.4, 0.5) is 15.9 Å². The minimum Gasteiger partial charge on any atom is -0.457 e. The van der Waals surface area contributed by atoms with Gasteiger partial charge in [0.25, 0.3) is 11.8 Å². The van der Waals surface area contributed by atoms with Crippen molar-refractivity contribution in [2.24, 2.45) is 5.92 Å². The van der Waals surface area contributed by atoms with E-state index in [9.17, 15) is 19.2 Å². The molecule has 296 valence electrons. The molecule has 7 heterocycles.